The summed E-state index contributed by atoms with van der Waals surface area (Å²) in [6.45, 7) is 14.4. The smallest absolute Gasteiger partial charge is 0.315 e. The third-order valence-corrected chi connectivity index (χ3v) is 5.52. The Hall–Kier alpha value is -3.08. The average molecular weight is 405 g/mol. The lowest BCUT2D eigenvalue weighted by atomic mass is 9.93. The van der Waals surface area contributed by atoms with Crippen LogP contribution in [0.3, 0.4) is 0 Å². The minimum absolute atomic E-state index is 0.243. The molecule has 0 radical (unpaired) electrons. The summed E-state index contributed by atoms with van der Waals surface area (Å²) < 4.78 is 2.00. The highest BCUT2D eigenvalue weighted by Crippen LogP contribution is 2.33. The van der Waals surface area contributed by atoms with Gasteiger partial charge in [-0.15, -0.1) is 6.58 Å². The van der Waals surface area contributed by atoms with E-state index in [0.717, 1.165) is 27.8 Å². The van der Waals surface area contributed by atoms with E-state index in [2.05, 4.69) is 68.1 Å². The number of hydrogen-bond acceptors (Lipinski definition) is 2. The number of anilines is 1. The maximum Gasteiger partial charge on any atom is 0.321 e. The molecule has 1 unspecified atom stereocenters. The third-order valence-electron chi connectivity index (χ3n) is 5.52. The lowest BCUT2D eigenvalue weighted by molar-refractivity contribution is 0.218. The highest BCUT2D eigenvalue weighted by molar-refractivity contribution is 5.92. The molecule has 2 N–H and O–H groups in total. The van der Waals surface area contributed by atoms with Gasteiger partial charge in [0.2, 0.25) is 0 Å². The monoisotopic (exact) mass is 404 g/mol. The summed E-state index contributed by atoms with van der Waals surface area (Å²) in [7, 11) is 0. The van der Waals surface area contributed by atoms with Crippen molar-refractivity contribution in [3.63, 3.8) is 0 Å². The van der Waals surface area contributed by atoms with Crippen molar-refractivity contribution >= 4 is 22.8 Å². The average Bonchev–Trinajstić information content (AvgIpc) is 3.12. The van der Waals surface area contributed by atoms with Gasteiger partial charge in [0.05, 0.1) is 0 Å². The molecule has 3 rings (SSSR count). The molecule has 5 nitrogen and oxygen atoms in total. The van der Waals surface area contributed by atoms with Gasteiger partial charge in [0, 0.05) is 29.9 Å². The van der Waals surface area contributed by atoms with Crippen LogP contribution in [0.5, 0.6) is 0 Å². The van der Waals surface area contributed by atoms with Crippen LogP contribution in [0.2, 0.25) is 0 Å². The van der Waals surface area contributed by atoms with Crippen LogP contribution < -0.4 is 10.6 Å². The summed E-state index contributed by atoms with van der Waals surface area (Å²) in [4.78, 5) is 17.7. The van der Waals surface area contributed by atoms with E-state index in [4.69, 9.17) is 0 Å². The van der Waals surface area contributed by atoms with Gasteiger partial charge in [0.1, 0.15) is 11.3 Å². The quantitative estimate of drug-likeness (QED) is 0.451. The van der Waals surface area contributed by atoms with Crippen molar-refractivity contribution < 1.29 is 4.79 Å². The third kappa shape index (κ3) is 4.25. The molecular weight excluding hydrogens is 372 g/mol. The standard InChI is InChI=1S/C25H32N4O/c1-7-14-25(6,29-16-13-19-10-9-15-26-23(19)29)28-24(30)27-22-20(17(2)3)11-8-12-21(22)18(4)5/h7-13,15-18H,1,14H2,2-6H3,(H2,27,28,30). The lowest BCUT2D eigenvalue weighted by Gasteiger charge is -2.33. The normalized spacial score (nSPS) is 13.4. The maximum absolute atomic E-state index is 13.2. The first-order valence-corrected chi connectivity index (χ1v) is 10.5. The van der Waals surface area contributed by atoms with Gasteiger partial charge >= 0.3 is 6.03 Å². The Morgan fingerprint density at radius 3 is 2.40 bits per heavy atom. The Labute approximate surface area is 179 Å². The second-order valence-electron chi connectivity index (χ2n) is 8.57. The fourth-order valence-corrected chi connectivity index (χ4v) is 3.94. The first-order chi connectivity index (χ1) is 14.3. The Morgan fingerprint density at radius 2 is 1.80 bits per heavy atom. The number of benzene rings is 1. The van der Waals surface area contributed by atoms with Gasteiger partial charge in [-0.05, 0) is 48.1 Å². The highest BCUT2D eigenvalue weighted by atomic mass is 16.2. The SMILES string of the molecule is C=CCC(C)(NC(=O)Nc1c(C(C)C)cccc1C(C)C)n1ccc2cccnc21. The fraction of sp³-hybridized carbons (Fsp3) is 0.360. The number of urea groups is 1. The van der Waals surface area contributed by atoms with Gasteiger partial charge in [0.25, 0.3) is 0 Å². The Bertz CT molecular complexity index is 1020. The summed E-state index contributed by atoms with van der Waals surface area (Å²) >= 11 is 0. The molecule has 0 aliphatic rings. The number of fused-ring (bicyclic) bond motifs is 1. The summed E-state index contributed by atoms with van der Waals surface area (Å²) in [5.41, 5.74) is 3.29. The molecule has 2 amide bonds. The number of carbonyl (C=O) groups excluding carboxylic acids is 1. The number of nitrogens with one attached hydrogen (secondary N) is 2. The molecule has 0 aliphatic heterocycles. The second kappa shape index (κ2) is 8.74. The van der Waals surface area contributed by atoms with E-state index in [9.17, 15) is 4.79 Å². The van der Waals surface area contributed by atoms with Crippen LogP contribution >= 0.6 is 0 Å². The van der Waals surface area contributed by atoms with E-state index in [-0.39, 0.29) is 6.03 Å². The zero-order valence-corrected chi connectivity index (χ0v) is 18.6. The summed E-state index contributed by atoms with van der Waals surface area (Å²) in [5, 5.41) is 7.35. The maximum atomic E-state index is 13.2. The van der Waals surface area contributed by atoms with Crippen molar-refractivity contribution in [2.45, 2.75) is 58.5 Å². The number of aromatic nitrogens is 2. The van der Waals surface area contributed by atoms with E-state index in [1.54, 1.807) is 6.20 Å². The molecule has 158 valence electrons. The largest absolute Gasteiger partial charge is 0.321 e. The van der Waals surface area contributed by atoms with Crippen LogP contribution in [-0.4, -0.2) is 15.6 Å². The number of amides is 2. The minimum atomic E-state index is -0.702. The van der Waals surface area contributed by atoms with Crippen LogP contribution in [0, 0.1) is 0 Å². The van der Waals surface area contributed by atoms with E-state index in [0.29, 0.717) is 18.3 Å². The molecule has 0 saturated heterocycles. The van der Waals surface area contributed by atoms with Gasteiger partial charge in [0.15, 0.2) is 0 Å². The van der Waals surface area contributed by atoms with Crippen LogP contribution in [0.15, 0.2) is 61.4 Å². The predicted octanol–water partition coefficient (Wildman–Crippen LogP) is 6.35. The minimum Gasteiger partial charge on any atom is -0.315 e. The van der Waals surface area contributed by atoms with Crippen molar-refractivity contribution in [3.8, 4) is 0 Å². The number of hydrogen-bond donors (Lipinski definition) is 2. The van der Waals surface area contributed by atoms with Crippen molar-refractivity contribution in [1.82, 2.24) is 14.9 Å². The Balaban J connectivity index is 1.95. The summed E-state index contributed by atoms with van der Waals surface area (Å²) in [6, 6.07) is 11.9. The fourth-order valence-electron chi connectivity index (χ4n) is 3.94. The van der Waals surface area contributed by atoms with Gasteiger partial charge in [-0.3, -0.25) is 0 Å². The van der Waals surface area contributed by atoms with Crippen molar-refractivity contribution in [1.29, 1.82) is 0 Å². The molecular formula is C25H32N4O. The second-order valence-corrected chi connectivity index (χ2v) is 8.57. The van der Waals surface area contributed by atoms with Crippen molar-refractivity contribution in [3.05, 3.63) is 72.6 Å². The van der Waals surface area contributed by atoms with E-state index in [1.807, 2.05) is 42.0 Å². The van der Waals surface area contributed by atoms with Crippen LogP contribution in [0.1, 0.15) is 64.0 Å². The molecule has 0 fully saturated rings. The molecule has 30 heavy (non-hydrogen) atoms. The van der Waals surface area contributed by atoms with Gasteiger partial charge in [-0.1, -0.05) is 52.0 Å². The van der Waals surface area contributed by atoms with E-state index >= 15 is 0 Å². The van der Waals surface area contributed by atoms with Crippen LogP contribution in [0.4, 0.5) is 10.5 Å². The van der Waals surface area contributed by atoms with Crippen LogP contribution in [0.25, 0.3) is 11.0 Å². The van der Waals surface area contributed by atoms with Crippen molar-refractivity contribution in [2.75, 3.05) is 5.32 Å². The number of pyridine rings is 1. The van der Waals surface area contributed by atoms with Gasteiger partial charge in [-0.2, -0.15) is 0 Å². The van der Waals surface area contributed by atoms with E-state index < -0.39 is 5.66 Å². The molecule has 5 heteroatoms. The zero-order chi connectivity index (χ0) is 21.9. The van der Waals surface area contributed by atoms with E-state index in [1.165, 1.54) is 0 Å². The first kappa shape index (κ1) is 21.6. The molecule has 0 saturated carbocycles. The molecule has 0 aliphatic carbocycles. The molecule has 2 heterocycles. The number of rotatable bonds is 7. The highest BCUT2D eigenvalue weighted by Gasteiger charge is 2.29. The molecule has 1 atom stereocenters. The molecule has 1 aromatic carbocycles. The Morgan fingerprint density at radius 1 is 1.13 bits per heavy atom. The Kier molecular flexibility index (Phi) is 6.30. The summed E-state index contributed by atoms with van der Waals surface area (Å²) in [5.74, 6) is 0.604. The molecule has 0 spiro atoms. The topological polar surface area (TPSA) is 59.0 Å². The summed E-state index contributed by atoms with van der Waals surface area (Å²) in [6.07, 6.45) is 6.10. The molecule has 2 aromatic heterocycles. The predicted molar refractivity (Wildman–Crippen MR) is 125 cm³/mol. The first-order valence-electron chi connectivity index (χ1n) is 10.5. The van der Waals surface area contributed by atoms with Crippen LogP contribution in [-0.2, 0) is 5.66 Å². The molecule has 3 aromatic rings. The van der Waals surface area contributed by atoms with Gasteiger partial charge in [-0.25, -0.2) is 9.78 Å². The lowest BCUT2D eigenvalue weighted by Crippen LogP contribution is -2.49. The van der Waals surface area contributed by atoms with Gasteiger partial charge < -0.3 is 15.2 Å². The number of carbonyl (C=O) groups is 1. The molecule has 0 bridgehead atoms. The number of nitrogens with zero attached hydrogens (tertiary/aromatic N) is 2. The van der Waals surface area contributed by atoms with Crippen molar-refractivity contribution in [2.24, 2.45) is 0 Å². The zero-order valence-electron chi connectivity index (χ0n) is 18.6. The number of para-hydroxylation sites is 1.